The Morgan fingerprint density at radius 2 is 2.17 bits per heavy atom. The molecule has 2 aromatic rings. The highest BCUT2D eigenvalue weighted by atomic mass is 32.1. The molecule has 0 aliphatic heterocycles. The normalized spacial score (nSPS) is 11.4. The van der Waals surface area contributed by atoms with Crippen LogP contribution in [0.3, 0.4) is 0 Å². The number of nitrogens with zero attached hydrogens (tertiary/aromatic N) is 3. The lowest BCUT2D eigenvalue weighted by Crippen LogP contribution is -2.36. The van der Waals surface area contributed by atoms with Crippen molar-refractivity contribution in [1.82, 2.24) is 20.6 Å². The molecular formula is C16H23N5OS. The molecule has 0 radical (unpaired) electrons. The highest BCUT2D eigenvalue weighted by Crippen LogP contribution is 2.17. The average Bonchev–Trinajstić information content (AvgIpc) is 2.88. The number of thiazole rings is 1. The maximum atomic E-state index is 5.26. The highest BCUT2D eigenvalue weighted by molar-refractivity contribution is 7.11. The van der Waals surface area contributed by atoms with Gasteiger partial charge in [-0.25, -0.2) is 15.0 Å². The zero-order valence-corrected chi connectivity index (χ0v) is 14.8. The molecule has 0 amide bonds. The molecule has 0 saturated heterocycles. The van der Waals surface area contributed by atoms with Crippen molar-refractivity contribution >= 4 is 17.3 Å². The molecule has 0 aliphatic carbocycles. The van der Waals surface area contributed by atoms with Crippen molar-refractivity contribution in [2.45, 2.75) is 33.9 Å². The third-order valence-corrected chi connectivity index (χ3v) is 4.28. The van der Waals surface area contributed by atoms with E-state index in [0.717, 1.165) is 28.8 Å². The number of aliphatic imine (C=N–C) groups is 1. The van der Waals surface area contributed by atoms with Crippen molar-refractivity contribution in [3.8, 4) is 5.88 Å². The summed E-state index contributed by atoms with van der Waals surface area (Å²) in [6.07, 6.45) is 1.71. The van der Waals surface area contributed by atoms with E-state index >= 15 is 0 Å². The summed E-state index contributed by atoms with van der Waals surface area (Å²) in [7, 11) is 1.62. The number of hydrogen-bond donors (Lipinski definition) is 2. The van der Waals surface area contributed by atoms with Crippen LogP contribution in [0.15, 0.2) is 23.3 Å². The molecule has 7 heteroatoms. The second kappa shape index (κ2) is 8.47. The summed E-state index contributed by atoms with van der Waals surface area (Å²) >= 11 is 1.71. The fourth-order valence-electron chi connectivity index (χ4n) is 2.14. The molecule has 6 nitrogen and oxygen atoms in total. The van der Waals surface area contributed by atoms with Gasteiger partial charge in [0.25, 0.3) is 0 Å². The van der Waals surface area contributed by atoms with E-state index in [2.05, 4.69) is 25.6 Å². The van der Waals surface area contributed by atoms with Gasteiger partial charge in [0.05, 0.1) is 30.9 Å². The van der Waals surface area contributed by atoms with Gasteiger partial charge in [0.1, 0.15) is 0 Å². The van der Waals surface area contributed by atoms with Gasteiger partial charge >= 0.3 is 0 Å². The molecule has 0 spiro atoms. The maximum absolute atomic E-state index is 5.26. The first-order valence-electron chi connectivity index (χ1n) is 7.57. The molecule has 0 aromatic carbocycles. The van der Waals surface area contributed by atoms with Gasteiger partial charge in [-0.3, -0.25) is 0 Å². The first-order valence-corrected chi connectivity index (χ1v) is 8.38. The van der Waals surface area contributed by atoms with Crippen LogP contribution in [0.5, 0.6) is 5.88 Å². The van der Waals surface area contributed by atoms with Crippen LogP contribution in [-0.4, -0.2) is 29.6 Å². The fourth-order valence-corrected chi connectivity index (χ4v) is 3.01. The van der Waals surface area contributed by atoms with Gasteiger partial charge in [0.2, 0.25) is 5.88 Å². The highest BCUT2D eigenvalue weighted by Gasteiger charge is 2.07. The Labute approximate surface area is 141 Å². The Morgan fingerprint density at radius 3 is 2.83 bits per heavy atom. The summed E-state index contributed by atoms with van der Waals surface area (Å²) in [5, 5.41) is 7.68. The summed E-state index contributed by atoms with van der Waals surface area (Å²) in [5.41, 5.74) is 2.03. The zero-order chi connectivity index (χ0) is 16.7. The molecule has 2 aromatic heterocycles. The summed E-state index contributed by atoms with van der Waals surface area (Å²) in [5.74, 6) is 1.38. The molecule has 124 valence electrons. The molecule has 2 N–H and O–H groups in total. The molecule has 0 unspecified atom stereocenters. The van der Waals surface area contributed by atoms with Gasteiger partial charge in [0, 0.05) is 23.2 Å². The molecule has 0 fully saturated rings. The van der Waals surface area contributed by atoms with E-state index in [9.17, 15) is 0 Å². The number of methoxy groups -OCH3 is 1. The van der Waals surface area contributed by atoms with E-state index in [1.807, 2.05) is 32.9 Å². The Hall–Kier alpha value is -2.15. The number of rotatable bonds is 6. The van der Waals surface area contributed by atoms with Gasteiger partial charge in [-0.05, 0) is 26.8 Å². The van der Waals surface area contributed by atoms with Gasteiger partial charge in [0.15, 0.2) is 5.96 Å². The van der Waals surface area contributed by atoms with Crippen molar-refractivity contribution < 1.29 is 4.74 Å². The number of aryl methyl sites for hydroxylation is 2. The van der Waals surface area contributed by atoms with Crippen molar-refractivity contribution in [3.63, 3.8) is 0 Å². The lowest BCUT2D eigenvalue weighted by Gasteiger charge is -2.11. The number of aromatic nitrogens is 2. The third-order valence-electron chi connectivity index (χ3n) is 3.21. The number of nitrogens with one attached hydrogen (secondary N) is 2. The van der Waals surface area contributed by atoms with Crippen LogP contribution >= 0.6 is 11.3 Å². The van der Waals surface area contributed by atoms with Crippen LogP contribution in [0.4, 0.5) is 0 Å². The standard InChI is InChI=1S/C16H23N5OS/c1-5-17-16(20-10-14-11(2)21-12(3)23-14)19-9-13-7-6-8-18-15(13)22-4/h6-8H,5,9-10H2,1-4H3,(H2,17,19,20). The summed E-state index contributed by atoms with van der Waals surface area (Å²) in [6, 6.07) is 3.85. The maximum Gasteiger partial charge on any atom is 0.218 e. The molecule has 0 atom stereocenters. The van der Waals surface area contributed by atoms with E-state index in [4.69, 9.17) is 4.74 Å². The van der Waals surface area contributed by atoms with E-state index in [1.165, 1.54) is 4.88 Å². The van der Waals surface area contributed by atoms with Gasteiger partial charge in [-0.15, -0.1) is 11.3 Å². The van der Waals surface area contributed by atoms with E-state index < -0.39 is 0 Å². The minimum atomic E-state index is 0.507. The topological polar surface area (TPSA) is 71.4 Å². The first-order chi connectivity index (χ1) is 11.1. The second-order valence-electron chi connectivity index (χ2n) is 4.96. The molecule has 0 bridgehead atoms. The van der Waals surface area contributed by atoms with E-state index in [-0.39, 0.29) is 0 Å². The predicted molar refractivity (Wildman–Crippen MR) is 94.0 cm³/mol. The monoisotopic (exact) mass is 333 g/mol. The van der Waals surface area contributed by atoms with Crippen molar-refractivity contribution in [2.75, 3.05) is 13.7 Å². The van der Waals surface area contributed by atoms with Gasteiger partial charge in [-0.1, -0.05) is 6.07 Å². The minimum Gasteiger partial charge on any atom is -0.481 e. The quantitative estimate of drug-likeness (QED) is 0.627. The number of pyridine rings is 1. The molecule has 23 heavy (non-hydrogen) atoms. The Bertz CT molecular complexity index is 668. The molecule has 0 saturated carbocycles. The van der Waals surface area contributed by atoms with Crippen LogP contribution in [0, 0.1) is 13.8 Å². The predicted octanol–water partition coefficient (Wildman–Crippen LogP) is 2.42. The molecule has 0 aliphatic rings. The number of guanidine groups is 1. The fraction of sp³-hybridized carbons (Fsp3) is 0.438. The third kappa shape index (κ3) is 4.92. The Morgan fingerprint density at radius 1 is 1.35 bits per heavy atom. The van der Waals surface area contributed by atoms with Crippen LogP contribution in [0.2, 0.25) is 0 Å². The SMILES string of the molecule is CCNC(=NCc1cccnc1OC)NCc1sc(C)nc1C. The zero-order valence-electron chi connectivity index (χ0n) is 14.0. The molecule has 2 rings (SSSR count). The van der Waals surface area contributed by atoms with Gasteiger partial charge in [-0.2, -0.15) is 0 Å². The lowest BCUT2D eigenvalue weighted by molar-refractivity contribution is 0.392. The van der Waals surface area contributed by atoms with E-state index in [1.54, 1.807) is 24.6 Å². The van der Waals surface area contributed by atoms with Crippen molar-refractivity contribution in [2.24, 2.45) is 4.99 Å². The summed E-state index contributed by atoms with van der Waals surface area (Å²) < 4.78 is 5.26. The second-order valence-corrected chi connectivity index (χ2v) is 6.25. The lowest BCUT2D eigenvalue weighted by atomic mass is 10.3. The Balaban J connectivity index is 2.03. The van der Waals surface area contributed by atoms with Crippen molar-refractivity contribution in [3.05, 3.63) is 39.5 Å². The van der Waals surface area contributed by atoms with Crippen molar-refractivity contribution in [1.29, 1.82) is 0 Å². The summed E-state index contributed by atoms with van der Waals surface area (Å²) in [4.78, 5) is 14.5. The Kier molecular flexibility index (Phi) is 6.34. The molecular weight excluding hydrogens is 310 g/mol. The van der Waals surface area contributed by atoms with Crippen LogP contribution < -0.4 is 15.4 Å². The summed E-state index contributed by atoms with van der Waals surface area (Å²) in [6.45, 7) is 8.13. The number of ether oxygens (including phenoxy) is 1. The molecule has 2 heterocycles. The smallest absolute Gasteiger partial charge is 0.218 e. The van der Waals surface area contributed by atoms with Crippen LogP contribution in [0.1, 0.15) is 28.1 Å². The van der Waals surface area contributed by atoms with Crippen LogP contribution in [0.25, 0.3) is 0 Å². The minimum absolute atomic E-state index is 0.507. The number of hydrogen-bond acceptors (Lipinski definition) is 5. The van der Waals surface area contributed by atoms with Crippen LogP contribution in [-0.2, 0) is 13.1 Å². The van der Waals surface area contributed by atoms with Gasteiger partial charge < -0.3 is 15.4 Å². The average molecular weight is 333 g/mol. The van der Waals surface area contributed by atoms with E-state index in [0.29, 0.717) is 19.0 Å². The largest absolute Gasteiger partial charge is 0.481 e. The first kappa shape index (κ1) is 17.2.